The second kappa shape index (κ2) is 11.2. The van der Waals surface area contributed by atoms with Gasteiger partial charge in [0.25, 0.3) is 0 Å². The summed E-state index contributed by atoms with van der Waals surface area (Å²) in [6, 6.07) is 4.68. The van der Waals surface area contributed by atoms with E-state index in [2.05, 4.69) is 0 Å². The second-order valence-corrected chi connectivity index (χ2v) is 9.87. The molecule has 0 amide bonds. The molecule has 2 saturated heterocycles. The number of phenols is 2. The monoisotopic (exact) mass is 582 g/mol. The van der Waals surface area contributed by atoms with Crippen LogP contribution in [-0.4, -0.2) is 116 Å². The molecule has 15 nitrogen and oxygen atoms in total. The highest BCUT2D eigenvalue weighted by molar-refractivity contribution is 5.92. The van der Waals surface area contributed by atoms with Crippen LogP contribution in [-0.2, 0) is 14.2 Å². The third-order valence-electron chi connectivity index (χ3n) is 7.22. The van der Waals surface area contributed by atoms with Crippen molar-refractivity contribution < 1.29 is 69.0 Å². The summed E-state index contributed by atoms with van der Waals surface area (Å²) < 4.78 is 33.9. The Morgan fingerprint density at radius 3 is 2.12 bits per heavy atom. The zero-order valence-corrected chi connectivity index (χ0v) is 21.7. The summed E-state index contributed by atoms with van der Waals surface area (Å²) in [5.74, 6) is -1.13. The van der Waals surface area contributed by atoms with E-state index in [9.17, 15) is 45.6 Å². The lowest BCUT2D eigenvalue weighted by molar-refractivity contribution is -0.354. The van der Waals surface area contributed by atoms with Crippen molar-refractivity contribution in [1.82, 2.24) is 0 Å². The third-order valence-corrected chi connectivity index (χ3v) is 7.22. The molecule has 0 aliphatic carbocycles. The van der Waals surface area contributed by atoms with Crippen LogP contribution in [0.4, 0.5) is 0 Å². The van der Waals surface area contributed by atoms with Crippen molar-refractivity contribution >= 4 is 21.9 Å². The minimum atomic E-state index is -1.76. The van der Waals surface area contributed by atoms with Crippen LogP contribution in [0.25, 0.3) is 21.9 Å². The minimum absolute atomic E-state index is 0.00298. The molecule has 10 unspecified atom stereocenters. The van der Waals surface area contributed by atoms with Gasteiger partial charge in [0.2, 0.25) is 11.7 Å². The number of rotatable bonds is 6. The molecule has 2 fully saturated rings. The first-order valence-electron chi connectivity index (χ1n) is 12.6. The van der Waals surface area contributed by atoms with Gasteiger partial charge in [-0.1, -0.05) is 0 Å². The van der Waals surface area contributed by atoms with Gasteiger partial charge in [-0.2, -0.15) is 0 Å². The molecule has 2 aliphatic heterocycles. The van der Waals surface area contributed by atoms with Crippen molar-refractivity contribution in [3.05, 3.63) is 34.5 Å². The predicted octanol–water partition coefficient (Wildman–Crippen LogP) is -1.60. The number of methoxy groups -OCH3 is 1. The first-order chi connectivity index (χ1) is 19.4. The van der Waals surface area contributed by atoms with Gasteiger partial charge in [-0.05, 0) is 19.1 Å². The summed E-state index contributed by atoms with van der Waals surface area (Å²) in [5.41, 5.74) is -0.608. The summed E-state index contributed by atoms with van der Waals surface area (Å²) in [5, 5.41) is 81.3. The molecule has 224 valence electrons. The van der Waals surface area contributed by atoms with Crippen molar-refractivity contribution in [3.8, 4) is 23.0 Å². The third kappa shape index (κ3) is 5.16. The number of ether oxygens (including phenoxy) is 5. The van der Waals surface area contributed by atoms with Crippen molar-refractivity contribution in [3.63, 3.8) is 0 Å². The molecule has 5 rings (SSSR count). The summed E-state index contributed by atoms with van der Waals surface area (Å²) in [6.45, 7) is 0.703. The first-order valence-corrected chi connectivity index (χ1v) is 12.6. The highest BCUT2D eigenvalue weighted by Crippen LogP contribution is 2.38. The summed E-state index contributed by atoms with van der Waals surface area (Å²) in [6.07, 6.45) is -15.3. The van der Waals surface area contributed by atoms with Crippen molar-refractivity contribution in [2.24, 2.45) is 0 Å². The van der Waals surface area contributed by atoms with Gasteiger partial charge in [0.15, 0.2) is 35.4 Å². The zero-order chi connectivity index (χ0) is 29.7. The molecule has 1 aromatic heterocycles. The molecule has 3 heterocycles. The van der Waals surface area contributed by atoms with E-state index in [1.165, 1.54) is 26.2 Å². The zero-order valence-electron chi connectivity index (χ0n) is 21.7. The molecule has 41 heavy (non-hydrogen) atoms. The molecule has 2 aliphatic rings. The molecule has 2 aromatic carbocycles. The van der Waals surface area contributed by atoms with Gasteiger partial charge >= 0.3 is 0 Å². The van der Waals surface area contributed by atoms with Crippen LogP contribution in [0, 0.1) is 0 Å². The summed E-state index contributed by atoms with van der Waals surface area (Å²) in [4.78, 5) is 13.1. The van der Waals surface area contributed by atoms with Gasteiger partial charge in [-0.3, -0.25) is 4.79 Å². The lowest BCUT2D eigenvalue weighted by Gasteiger charge is -2.45. The van der Waals surface area contributed by atoms with E-state index in [4.69, 9.17) is 28.1 Å². The van der Waals surface area contributed by atoms with Gasteiger partial charge in [-0.25, -0.2) is 0 Å². The van der Waals surface area contributed by atoms with Crippen LogP contribution in [0.15, 0.2) is 33.5 Å². The first kappa shape index (κ1) is 29.2. The molecule has 0 spiro atoms. The predicted molar refractivity (Wildman–Crippen MR) is 135 cm³/mol. The van der Waals surface area contributed by atoms with Crippen molar-refractivity contribution in [2.75, 3.05) is 13.7 Å². The molecule has 0 bridgehead atoms. The van der Waals surface area contributed by atoms with Crippen LogP contribution < -0.4 is 14.9 Å². The number of hydrogen-bond acceptors (Lipinski definition) is 15. The standard InChI is InChI=1S/C26H30O15/c1-8-18(30)21(33)23(35)25(37-8)41-24-22(34)20(32)17(7-27)40-26(24)39-16-6-14-10(4-15(16)36-2)19(31)9-3-11(28)12(29)5-13(9)38-14/h3-6,8,17-18,20-30,32-35H,7H2,1-2H3. The van der Waals surface area contributed by atoms with E-state index >= 15 is 0 Å². The maximum absolute atomic E-state index is 13.1. The van der Waals surface area contributed by atoms with E-state index in [-0.39, 0.29) is 33.4 Å². The quantitative estimate of drug-likeness (QED) is 0.121. The van der Waals surface area contributed by atoms with Crippen LogP contribution in [0.5, 0.6) is 23.0 Å². The Balaban J connectivity index is 1.53. The SMILES string of the molecule is COc1cc2c(=O)c3cc(O)c(O)cc3oc2cc1OC1OC(CO)C(O)C(O)C1OC1OC(C)C(O)C(O)C1O. The number of aliphatic hydroxyl groups excluding tert-OH is 6. The minimum Gasteiger partial charge on any atom is -0.504 e. The maximum atomic E-state index is 13.1. The number of aliphatic hydroxyl groups is 6. The smallest absolute Gasteiger partial charge is 0.229 e. The Morgan fingerprint density at radius 1 is 0.780 bits per heavy atom. The normalized spacial score (nSPS) is 34.1. The average molecular weight is 583 g/mol. The molecule has 15 heteroatoms. The molecule has 8 N–H and O–H groups in total. The highest BCUT2D eigenvalue weighted by Gasteiger charge is 2.51. The fourth-order valence-corrected chi connectivity index (χ4v) is 4.84. The molecule has 0 radical (unpaired) electrons. The molecule has 3 aromatic rings. The van der Waals surface area contributed by atoms with Crippen LogP contribution in [0.1, 0.15) is 6.92 Å². The van der Waals surface area contributed by atoms with Crippen LogP contribution >= 0.6 is 0 Å². The molecular formula is C26H30O15. The maximum Gasteiger partial charge on any atom is 0.229 e. The Morgan fingerprint density at radius 2 is 1.44 bits per heavy atom. The van der Waals surface area contributed by atoms with E-state index in [0.29, 0.717) is 0 Å². The van der Waals surface area contributed by atoms with Gasteiger partial charge in [-0.15, -0.1) is 0 Å². The second-order valence-electron chi connectivity index (χ2n) is 9.87. The lowest BCUT2D eigenvalue weighted by Crippen LogP contribution is -2.64. The number of fused-ring (bicyclic) bond motifs is 2. The summed E-state index contributed by atoms with van der Waals surface area (Å²) >= 11 is 0. The summed E-state index contributed by atoms with van der Waals surface area (Å²) in [7, 11) is 1.28. The Hall–Kier alpha value is -3.25. The van der Waals surface area contributed by atoms with Crippen LogP contribution in [0.2, 0.25) is 0 Å². The van der Waals surface area contributed by atoms with E-state index in [1.54, 1.807) is 0 Å². The van der Waals surface area contributed by atoms with Crippen molar-refractivity contribution in [1.29, 1.82) is 0 Å². The van der Waals surface area contributed by atoms with Gasteiger partial charge in [0.1, 0.15) is 47.8 Å². The number of hydrogen-bond donors (Lipinski definition) is 8. The fourth-order valence-electron chi connectivity index (χ4n) is 4.84. The van der Waals surface area contributed by atoms with Crippen LogP contribution in [0.3, 0.4) is 0 Å². The Bertz CT molecular complexity index is 1470. The highest BCUT2D eigenvalue weighted by atomic mass is 16.8. The van der Waals surface area contributed by atoms with E-state index in [1.807, 2.05) is 0 Å². The van der Waals surface area contributed by atoms with Gasteiger partial charge in [0, 0.05) is 12.1 Å². The van der Waals surface area contributed by atoms with E-state index < -0.39 is 84.9 Å². The molecule has 0 saturated carbocycles. The van der Waals surface area contributed by atoms with Crippen molar-refractivity contribution in [2.45, 2.75) is 68.3 Å². The average Bonchev–Trinajstić information content (AvgIpc) is 2.95. The van der Waals surface area contributed by atoms with E-state index in [0.717, 1.165) is 12.1 Å². The number of benzene rings is 2. The number of aromatic hydroxyl groups is 2. The Labute approximate surface area is 230 Å². The lowest BCUT2D eigenvalue weighted by atomic mass is 9.97. The fraction of sp³-hybridized carbons (Fsp3) is 0.500. The molecule has 10 atom stereocenters. The Kier molecular flexibility index (Phi) is 7.99. The van der Waals surface area contributed by atoms with Gasteiger partial charge < -0.3 is 69.0 Å². The van der Waals surface area contributed by atoms with Gasteiger partial charge in [0.05, 0.1) is 30.6 Å². The largest absolute Gasteiger partial charge is 0.504 e. The molecular weight excluding hydrogens is 552 g/mol. The topological polar surface area (TPSA) is 238 Å². The number of phenolic OH excluding ortho intramolecular Hbond substituents is 2.